The molecule has 102 valence electrons. The zero-order chi connectivity index (χ0) is 12.8. The summed E-state index contributed by atoms with van der Waals surface area (Å²) in [7, 11) is 0. The van der Waals surface area contributed by atoms with E-state index in [1.807, 2.05) is 6.07 Å². The fraction of sp³-hybridized carbons (Fsp3) is 0.733. The predicted octanol–water partition coefficient (Wildman–Crippen LogP) is 4.75. The van der Waals surface area contributed by atoms with E-state index in [4.69, 9.17) is 11.6 Å². The summed E-state index contributed by atoms with van der Waals surface area (Å²) in [5, 5.41) is 3.60. The first kappa shape index (κ1) is 14.4. The first-order valence-electron chi connectivity index (χ1n) is 7.24. The number of halogens is 1. The van der Waals surface area contributed by atoms with Crippen LogP contribution in [-0.2, 0) is 6.42 Å². The van der Waals surface area contributed by atoms with Gasteiger partial charge in [-0.3, -0.25) is 0 Å². The van der Waals surface area contributed by atoms with Gasteiger partial charge in [-0.1, -0.05) is 31.4 Å². The summed E-state index contributed by atoms with van der Waals surface area (Å²) in [5.74, 6) is 1.73. The maximum Gasteiger partial charge on any atom is 0.0931 e. The quantitative estimate of drug-likeness (QED) is 0.744. The summed E-state index contributed by atoms with van der Waals surface area (Å²) < 4.78 is 0.932. The van der Waals surface area contributed by atoms with Crippen LogP contribution in [0.25, 0.3) is 0 Å². The topological polar surface area (TPSA) is 12.0 Å². The van der Waals surface area contributed by atoms with E-state index in [0.717, 1.165) is 22.7 Å². The number of nitrogens with one attached hydrogen (secondary N) is 1. The molecule has 1 aliphatic rings. The van der Waals surface area contributed by atoms with Gasteiger partial charge in [-0.25, -0.2) is 0 Å². The molecule has 1 saturated carbocycles. The van der Waals surface area contributed by atoms with Crippen molar-refractivity contribution in [2.24, 2.45) is 11.8 Å². The Morgan fingerprint density at radius 1 is 1.28 bits per heavy atom. The van der Waals surface area contributed by atoms with Crippen LogP contribution >= 0.6 is 22.9 Å². The molecule has 0 spiro atoms. The van der Waals surface area contributed by atoms with Crippen molar-refractivity contribution >= 4 is 22.9 Å². The van der Waals surface area contributed by atoms with E-state index in [9.17, 15) is 0 Å². The minimum absolute atomic E-state index is 0.859. The van der Waals surface area contributed by atoms with E-state index in [-0.39, 0.29) is 0 Å². The van der Waals surface area contributed by atoms with E-state index < -0.39 is 0 Å². The van der Waals surface area contributed by atoms with Crippen molar-refractivity contribution in [2.45, 2.75) is 45.4 Å². The zero-order valence-electron chi connectivity index (χ0n) is 11.3. The zero-order valence-corrected chi connectivity index (χ0v) is 12.8. The molecule has 1 fully saturated rings. The molecule has 0 aliphatic heterocycles. The summed E-state index contributed by atoms with van der Waals surface area (Å²) in [6.07, 6.45) is 8.09. The molecule has 1 aromatic heterocycles. The van der Waals surface area contributed by atoms with Gasteiger partial charge in [0.15, 0.2) is 0 Å². The predicted molar refractivity (Wildman–Crippen MR) is 81.6 cm³/mol. The molecule has 3 heteroatoms. The average Bonchev–Trinajstić information content (AvgIpc) is 2.77. The Kier molecular flexibility index (Phi) is 6.00. The van der Waals surface area contributed by atoms with Crippen LogP contribution in [0, 0.1) is 11.8 Å². The molecule has 0 aromatic carbocycles. The molecule has 1 aliphatic carbocycles. The van der Waals surface area contributed by atoms with Gasteiger partial charge in [0.05, 0.1) is 4.34 Å². The molecule has 1 N–H and O–H groups in total. The van der Waals surface area contributed by atoms with Gasteiger partial charge < -0.3 is 5.32 Å². The fourth-order valence-electron chi connectivity index (χ4n) is 3.01. The summed E-state index contributed by atoms with van der Waals surface area (Å²) in [5.41, 5.74) is 0. The number of hydrogen-bond donors (Lipinski definition) is 1. The number of rotatable bonds is 6. The lowest BCUT2D eigenvalue weighted by Crippen LogP contribution is -2.31. The molecule has 0 saturated heterocycles. The van der Waals surface area contributed by atoms with Crippen molar-refractivity contribution in [1.29, 1.82) is 0 Å². The first-order chi connectivity index (χ1) is 8.79. The van der Waals surface area contributed by atoms with E-state index in [1.165, 1.54) is 49.9 Å². The maximum absolute atomic E-state index is 6.02. The van der Waals surface area contributed by atoms with E-state index >= 15 is 0 Å². The third-order valence-electron chi connectivity index (χ3n) is 3.99. The van der Waals surface area contributed by atoms with Crippen molar-refractivity contribution in [3.8, 4) is 0 Å². The summed E-state index contributed by atoms with van der Waals surface area (Å²) >= 11 is 7.78. The Morgan fingerprint density at radius 2 is 2.06 bits per heavy atom. The second-order valence-corrected chi connectivity index (χ2v) is 7.22. The van der Waals surface area contributed by atoms with Gasteiger partial charge in [-0.05, 0) is 62.7 Å². The van der Waals surface area contributed by atoms with Crippen LogP contribution < -0.4 is 5.32 Å². The van der Waals surface area contributed by atoms with E-state index in [1.54, 1.807) is 11.3 Å². The van der Waals surface area contributed by atoms with Gasteiger partial charge in [0, 0.05) is 4.88 Å². The second kappa shape index (κ2) is 7.52. The van der Waals surface area contributed by atoms with Gasteiger partial charge in [0.1, 0.15) is 0 Å². The Bertz CT molecular complexity index is 350. The van der Waals surface area contributed by atoms with Gasteiger partial charge >= 0.3 is 0 Å². The molecule has 0 radical (unpaired) electrons. The third-order valence-corrected chi connectivity index (χ3v) is 5.25. The van der Waals surface area contributed by atoms with Crippen LogP contribution in [-0.4, -0.2) is 13.1 Å². The first-order valence-corrected chi connectivity index (χ1v) is 8.44. The van der Waals surface area contributed by atoms with Crippen LogP contribution in [0.1, 0.15) is 43.9 Å². The third kappa shape index (κ3) is 4.25. The summed E-state index contributed by atoms with van der Waals surface area (Å²) in [6, 6.07) is 4.24. The van der Waals surface area contributed by atoms with Gasteiger partial charge in [0.2, 0.25) is 0 Å². The summed E-state index contributed by atoms with van der Waals surface area (Å²) in [4.78, 5) is 1.47. The number of hydrogen-bond acceptors (Lipinski definition) is 2. The van der Waals surface area contributed by atoms with Gasteiger partial charge in [-0.15, -0.1) is 11.3 Å². The molecular weight excluding hydrogens is 262 g/mol. The molecule has 0 amide bonds. The molecule has 2 atom stereocenters. The molecule has 1 nitrogen and oxygen atoms in total. The summed E-state index contributed by atoms with van der Waals surface area (Å²) in [6.45, 7) is 4.60. The van der Waals surface area contributed by atoms with Crippen LogP contribution in [0.2, 0.25) is 4.34 Å². The van der Waals surface area contributed by atoms with Gasteiger partial charge in [-0.2, -0.15) is 0 Å². The minimum Gasteiger partial charge on any atom is -0.316 e. The molecule has 0 bridgehead atoms. The Hall–Kier alpha value is -0.0500. The lowest BCUT2D eigenvalue weighted by atomic mass is 9.77. The molecular formula is C15H24ClNS. The maximum atomic E-state index is 6.02. The lowest BCUT2D eigenvalue weighted by molar-refractivity contribution is 0.230. The monoisotopic (exact) mass is 285 g/mol. The van der Waals surface area contributed by atoms with Crippen LogP contribution in [0.4, 0.5) is 0 Å². The largest absolute Gasteiger partial charge is 0.316 e. The normalized spacial score (nSPS) is 24.3. The Balaban J connectivity index is 1.86. The van der Waals surface area contributed by atoms with Gasteiger partial charge in [0.25, 0.3) is 0 Å². The molecule has 2 unspecified atom stereocenters. The van der Waals surface area contributed by atoms with E-state index in [0.29, 0.717) is 0 Å². The molecule has 1 heterocycles. The van der Waals surface area contributed by atoms with Crippen molar-refractivity contribution in [3.05, 3.63) is 21.3 Å². The highest BCUT2D eigenvalue weighted by molar-refractivity contribution is 7.16. The fourth-order valence-corrected chi connectivity index (χ4v) is 4.19. The second-order valence-electron chi connectivity index (χ2n) is 5.42. The lowest BCUT2D eigenvalue weighted by Gasteiger charge is -2.31. The average molecular weight is 286 g/mol. The smallest absolute Gasteiger partial charge is 0.0931 e. The Morgan fingerprint density at radius 3 is 2.72 bits per heavy atom. The Labute approximate surface area is 120 Å². The standard InChI is InChI=1S/C15H24ClNS/c1-2-9-17-11-13-6-4-3-5-12(13)10-14-7-8-15(16)18-14/h7-8,12-13,17H,2-6,9-11H2,1H3. The molecule has 2 rings (SSSR count). The van der Waals surface area contributed by atoms with Crippen LogP contribution in [0.5, 0.6) is 0 Å². The highest BCUT2D eigenvalue weighted by Gasteiger charge is 2.25. The SMILES string of the molecule is CCCNCC1CCCCC1Cc1ccc(Cl)s1. The van der Waals surface area contributed by atoms with Crippen LogP contribution in [0.15, 0.2) is 12.1 Å². The van der Waals surface area contributed by atoms with Crippen molar-refractivity contribution in [1.82, 2.24) is 5.32 Å². The molecule has 18 heavy (non-hydrogen) atoms. The van der Waals surface area contributed by atoms with Crippen molar-refractivity contribution < 1.29 is 0 Å². The highest BCUT2D eigenvalue weighted by Crippen LogP contribution is 2.34. The van der Waals surface area contributed by atoms with Crippen molar-refractivity contribution in [2.75, 3.05) is 13.1 Å². The van der Waals surface area contributed by atoms with Crippen LogP contribution in [0.3, 0.4) is 0 Å². The number of thiophene rings is 1. The molecule has 1 aromatic rings. The minimum atomic E-state index is 0.859. The van der Waals surface area contributed by atoms with E-state index in [2.05, 4.69) is 18.3 Å². The van der Waals surface area contributed by atoms with Crippen molar-refractivity contribution in [3.63, 3.8) is 0 Å². The highest BCUT2D eigenvalue weighted by atomic mass is 35.5.